The molecule has 0 amide bonds. The van der Waals surface area contributed by atoms with Crippen LogP contribution in [-0.4, -0.2) is 19.0 Å². The summed E-state index contributed by atoms with van der Waals surface area (Å²) in [5, 5.41) is 8.53. The minimum absolute atomic E-state index is 0.354. The van der Waals surface area contributed by atoms with Gasteiger partial charge in [0.2, 0.25) is 0 Å². The molecular formula is C5H13BO. The molecule has 0 bridgehead atoms. The second-order valence-electron chi connectivity index (χ2n) is 1.87. The van der Waals surface area contributed by atoms with Gasteiger partial charge in [-0.3, -0.25) is 0 Å². The Balaban J connectivity index is 2.99. The van der Waals surface area contributed by atoms with Crippen LogP contribution in [0.1, 0.15) is 13.3 Å². The average molecular weight is 100.0 g/mol. The van der Waals surface area contributed by atoms with Crippen molar-refractivity contribution in [3.8, 4) is 0 Å². The maximum Gasteiger partial charge on any atom is 0.123 e. The number of rotatable bonds is 3. The standard InChI is InChI=1S/C5H13BO/c1-3-5(4-7)6-2/h5-7H,3-4H2,1-2H3/t5-/m1/s1. The summed E-state index contributed by atoms with van der Waals surface area (Å²) in [6.45, 7) is 4.56. The van der Waals surface area contributed by atoms with Crippen molar-refractivity contribution in [1.82, 2.24) is 0 Å². The normalized spacial score (nSPS) is 13.6. The van der Waals surface area contributed by atoms with Gasteiger partial charge in [-0.1, -0.05) is 20.2 Å². The quantitative estimate of drug-likeness (QED) is 0.516. The summed E-state index contributed by atoms with van der Waals surface area (Å²) in [6, 6.07) is 0. The van der Waals surface area contributed by atoms with E-state index < -0.39 is 0 Å². The molecule has 0 unspecified atom stereocenters. The fourth-order valence-electron chi connectivity index (χ4n) is 0.547. The molecule has 0 rings (SSSR count). The molecule has 0 spiro atoms. The van der Waals surface area contributed by atoms with Crippen LogP contribution in [0, 0.1) is 0 Å². The molecule has 0 saturated carbocycles. The first-order valence-electron chi connectivity index (χ1n) is 2.96. The monoisotopic (exact) mass is 100 g/mol. The van der Waals surface area contributed by atoms with Crippen LogP contribution < -0.4 is 0 Å². The number of aliphatic hydroxyl groups is 1. The first-order chi connectivity index (χ1) is 3.35. The molecule has 1 atom stereocenters. The first kappa shape index (κ1) is 7.02. The molecule has 2 heteroatoms. The van der Waals surface area contributed by atoms with Gasteiger partial charge in [-0.2, -0.15) is 0 Å². The van der Waals surface area contributed by atoms with Gasteiger partial charge in [-0.15, -0.1) is 0 Å². The van der Waals surface area contributed by atoms with E-state index in [1.807, 2.05) is 0 Å². The molecule has 0 fully saturated rings. The Bertz CT molecular complexity index is 29.6. The van der Waals surface area contributed by atoms with Crippen molar-refractivity contribution in [1.29, 1.82) is 0 Å². The van der Waals surface area contributed by atoms with E-state index in [1.165, 1.54) is 0 Å². The van der Waals surface area contributed by atoms with Gasteiger partial charge in [0.05, 0.1) is 0 Å². The SMILES string of the molecule is CB[C@H](CC)CO. The Labute approximate surface area is 46.0 Å². The summed E-state index contributed by atoms with van der Waals surface area (Å²) in [5.41, 5.74) is 0. The second-order valence-corrected chi connectivity index (χ2v) is 1.87. The van der Waals surface area contributed by atoms with E-state index in [4.69, 9.17) is 5.11 Å². The maximum absolute atomic E-state index is 8.53. The van der Waals surface area contributed by atoms with Crippen molar-refractivity contribution in [2.45, 2.75) is 26.0 Å². The van der Waals surface area contributed by atoms with Crippen LogP contribution in [0.2, 0.25) is 12.6 Å². The topological polar surface area (TPSA) is 20.2 Å². The van der Waals surface area contributed by atoms with E-state index >= 15 is 0 Å². The lowest BCUT2D eigenvalue weighted by molar-refractivity contribution is 0.286. The lowest BCUT2D eigenvalue weighted by Crippen LogP contribution is -2.02. The molecule has 0 aromatic rings. The lowest BCUT2D eigenvalue weighted by Gasteiger charge is -2.03. The molecule has 42 valence electrons. The minimum Gasteiger partial charge on any atom is -0.397 e. The molecule has 0 saturated heterocycles. The van der Waals surface area contributed by atoms with Gasteiger partial charge in [0.25, 0.3) is 0 Å². The molecule has 0 aromatic carbocycles. The Kier molecular flexibility index (Phi) is 4.21. The molecule has 1 N–H and O–H groups in total. The predicted molar refractivity (Wildman–Crippen MR) is 34.1 cm³/mol. The van der Waals surface area contributed by atoms with Crippen molar-refractivity contribution in [2.24, 2.45) is 0 Å². The van der Waals surface area contributed by atoms with Gasteiger partial charge >= 0.3 is 0 Å². The largest absolute Gasteiger partial charge is 0.397 e. The van der Waals surface area contributed by atoms with Gasteiger partial charge in [-0.05, 0) is 5.82 Å². The fraction of sp³-hybridized carbons (Fsp3) is 1.00. The third kappa shape index (κ3) is 2.69. The molecule has 7 heavy (non-hydrogen) atoms. The summed E-state index contributed by atoms with van der Waals surface area (Å²) in [7, 11) is 1.10. The van der Waals surface area contributed by atoms with Crippen LogP contribution in [0.4, 0.5) is 0 Å². The van der Waals surface area contributed by atoms with Crippen molar-refractivity contribution >= 4 is 7.28 Å². The number of hydrogen-bond acceptors (Lipinski definition) is 1. The second kappa shape index (κ2) is 4.19. The van der Waals surface area contributed by atoms with Crippen LogP contribution in [0.15, 0.2) is 0 Å². The van der Waals surface area contributed by atoms with Crippen LogP contribution in [-0.2, 0) is 0 Å². The third-order valence-corrected chi connectivity index (χ3v) is 1.41. The fourth-order valence-corrected chi connectivity index (χ4v) is 0.547. The van der Waals surface area contributed by atoms with E-state index in [1.54, 1.807) is 0 Å². The highest BCUT2D eigenvalue weighted by molar-refractivity contribution is 6.35. The zero-order valence-electron chi connectivity index (χ0n) is 5.15. The Hall–Kier alpha value is 0.0249. The van der Waals surface area contributed by atoms with E-state index in [0.29, 0.717) is 12.4 Å². The van der Waals surface area contributed by atoms with Crippen LogP contribution in [0.25, 0.3) is 0 Å². The van der Waals surface area contributed by atoms with Gasteiger partial charge in [-0.25, -0.2) is 0 Å². The molecular weight excluding hydrogens is 86.9 g/mol. The third-order valence-electron chi connectivity index (χ3n) is 1.41. The van der Waals surface area contributed by atoms with Crippen molar-refractivity contribution in [2.75, 3.05) is 6.61 Å². The Morgan fingerprint density at radius 3 is 2.29 bits per heavy atom. The minimum atomic E-state index is 0.354. The Morgan fingerprint density at radius 1 is 1.71 bits per heavy atom. The van der Waals surface area contributed by atoms with E-state index in [9.17, 15) is 0 Å². The molecule has 0 aliphatic heterocycles. The zero-order chi connectivity index (χ0) is 5.70. The molecule has 0 heterocycles. The summed E-state index contributed by atoms with van der Waals surface area (Å²) < 4.78 is 0. The van der Waals surface area contributed by atoms with Crippen molar-refractivity contribution < 1.29 is 5.11 Å². The highest BCUT2D eigenvalue weighted by atomic mass is 16.3. The van der Waals surface area contributed by atoms with Crippen LogP contribution >= 0.6 is 0 Å². The summed E-state index contributed by atoms with van der Waals surface area (Å²) in [5.74, 6) is 0.542. The van der Waals surface area contributed by atoms with Crippen molar-refractivity contribution in [3.05, 3.63) is 0 Å². The van der Waals surface area contributed by atoms with Crippen molar-refractivity contribution in [3.63, 3.8) is 0 Å². The number of aliphatic hydroxyl groups excluding tert-OH is 1. The van der Waals surface area contributed by atoms with Gasteiger partial charge in [0.1, 0.15) is 7.28 Å². The predicted octanol–water partition coefficient (Wildman–Crippen LogP) is 0.662. The lowest BCUT2D eigenvalue weighted by atomic mass is 9.66. The van der Waals surface area contributed by atoms with Gasteiger partial charge in [0.15, 0.2) is 0 Å². The first-order valence-corrected chi connectivity index (χ1v) is 2.96. The molecule has 0 radical (unpaired) electrons. The van der Waals surface area contributed by atoms with Gasteiger partial charge in [0, 0.05) is 6.61 Å². The molecule has 0 aromatic heterocycles. The molecule has 0 aliphatic carbocycles. The van der Waals surface area contributed by atoms with E-state index in [-0.39, 0.29) is 0 Å². The summed E-state index contributed by atoms with van der Waals surface area (Å²) in [6.07, 6.45) is 1.10. The summed E-state index contributed by atoms with van der Waals surface area (Å²) >= 11 is 0. The summed E-state index contributed by atoms with van der Waals surface area (Å²) in [4.78, 5) is 0. The molecule has 1 nitrogen and oxygen atoms in total. The van der Waals surface area contributed by atoms with Crippen LogP contribution in [0.5, 0.6) is 0 Å². The number of hydrogen-bond donors (Lipinski definition) is 1. The zero-order valence-corrected chi connectivity index (χ0v) is 5.15. The average Bonchev–Trinajstić information content (AvgIpc) is 1.72. The smallest absolute Gasteiger partial charge is 0.123 e. The van der Waals surface area contributed by atoms with E-state index in [2.05, 4.69) is 13.7 Å². The molecule has 0 aliphatic rings. The van der Waals surface area contributed by atoms with Gasteiger partial charge < -0.3 is 5.11 Å². The Morgan fingerprint density at radius 2 is 2.29 bits per heavy atom. The maximum atomic E-state index is 8.53. The van der Waals surface area contributed by atoms with Crippen LogP contribution in [0.3, 0.4) is 0 Å². The highest BCUT2D eigenvalue weighted by Crippen LogP contribution is 2.04. The van der Waals surface area contributed by atoms with E-state index in [0.717, 1.165) is 13.7 Å². The highest BCUT2D eigenvalue weighted by Gasteiger charge is 1.99.